The van der Waals surface area contributed by atoms with Crippen molar-refractivity contribution in [2.75, 3.05) is 13.2 Å². The summed E-state index contributed by atoms with van der Waals surface area (Å²) >= 11 is 0. The minimum atomic E-state index is -0.814. The molecule has 0 rings (SSSR count). The fraction of sp³-hybridized carbons (Fsp3) is 0.917. The molecular weight excluding hydrogens is 352 g/mol. The second-order valence-electron chi connectivity index (χ2n) is 9.15. The Labute approximate surface area is 174 Å². The highest BCUT2D eigenvalue weighted by atomic mass is 16.5. The molecule has 0 bridgehead atoms. The molecule has 0 atom stereocenters. The Morgan fingerprint density at radius 3 is 1.04 bits per heavy atom. The van der Waals surface area contributed by atoms with Gasteiger partial charge in [0.05, 0.1) is 24.0 Å². The maximum atomic E-state index is 13.6. The van der Waals surface area contributed by atoms with Gasteiger partial charge in [0, 0.05) is 0 Å². The molecule has 0 aromatic carbocycles. The summed E-state index contributed by atoms with van der Waals surface area (Å²) in [6, 6.07) is 0. The summed E-state index contributed by atoms with van der Waals surface area (Å²) < 4.78 is 11.6. The lowest BCUT2D eigenvalue weighted by Crippen LogP contribution is -2.54. The van der Waals surface area contributed by atoms with Gasteiger partial charge in [-0.3, -0.25) is 9.59 Å². The Kier molecular flexibility index (Phi) is 12.7. The van der Waals surface area contributed by atoms with Crippen LogP contribution in [0.1, 0.15) is 107 Å². The molecule has 4 heteroatoms. The SMILES string of the molecule is CCCC(CCC)(C(=O)OCC(C)C)C(CCC)(CCC)C(=O)OCC(C)C. The van der Waals surface area contributed by atoms with Crippen molar-refractivity contribution in [2.24, 2.45) is 22.7 Å². The van der Waals surface area contributed by atoms with Gasteiger partial charge in [0.15, 0.2) is 0 Å². The van der Waals surface area contributed by atoms with Crippen LogP contribution in [-0.4, -0.2) is 25.2 Å². The first-order chi connectivity index (χ1) is 13.2. The predicted molar refractivity (Wildman–Crippen MR) is 116 cm³/mol. The molecule has 4 nitrogen and oxygen atoms in total. The van der Waals surface area contributed by atoms with E-state index in [1.165, 1.54) is 0 Å². The van der Waals surface area contributed by atoms with Crippen LogP contribution in [0.4, 0.5) is 0 Å². The minimum Gasteiger partial charge on any atom is -0.465 e. The van der Waals surface area contributed by atoms with Crippen molar-refractivity contribution in [1.82, 2.24) is 0 Å². The third-order valence-electron chi connectivity index (χ3n) is 5.50. The monoisotopic (exact) mass is 398 g/mol. The second-order valence-corrected chi connectivity index (χ2v) is 9.15. The number of hydrogen-bond acceptors (Lipinski definition) is 4. The lowest BCUT2D eigenvalue weighted by Gasteiger charge is -2.47. The van der Waals surface area contributed by atoms with E-state index in [0.29, 0.717) is 38.9 Å². The topological polar surface area (TPSA) is 52.6 Å². The molecule has 0 spiro atoms. The second kappa shape index (κ2) is 13.2. The summed E-state index contributed by atoms with van der Waals surface area (Å²) in [7, 11) is 0. The zero-order chi connectivity index (χ0) is 21.8. The van der Waals surface area contributed by atoms with Gasteiger partial charge in [-0.1, -0.05) is 81.1 Å². The highest BCUT2D eigenvalue weighted by Crippen LogP contribution is 2.54. The van der Waals surface area contributed by atoms with Gasteiger partial charge in [-0.05, 0) is 37.5 Å². The smallest absolute Gasteiger partial charge is 0.313 e. The number of ether oxygens (including phenoxy) is 2. The van der Waals surface area contributed by atoms with E-state index < -0.39 is 10.8 Å². The zero-order valence-corrected chi connectivity index (χ0v) is 19.9. The molecule has 0 unspecified atom stereocenters. The maximum Gasteiger partial charge on any atom is 0.313 e. The summed E-state index contributed by atoms with van der Waals surface area (Å²) in [4.78, 5) is 27.1. The summed E-state index contributed by atoms with van der Waals surface area (Å²) in [6.07, 6.45) is 5.99. The van der Waals surface area contributed by atoms with Crippen LogP contribution in [0.15, 0.2) is 0 Å². The quantitative estimate of drug-likeness (QED) is 0.293. The van der Waals surface area contributed by atoms with Crippen molar-refractivity contribution in [3.05, 3.63) is 0 Å². The molecule has 0 radical (unpaired) electrons. The Hall–Kier alpha value is -1.06. The van der Waals surface area contributed by atoms with Crippen LogP contribution in [-0.2, 0) is 19.1 Å². The summed E-state index contributed by atoms with van der Waals surface area (Å²) in [5.41, 5.74) is -1.63. The molecule has 0 aliphatic carbocycles. The highest BCUT2D eigenvalue weighted by Gasteiger charge is 2.60. The van der Waals surface area contributed by atoms with Crippen LogP contribution in [0.5, 0.6) is 0 Å². The highest BCUT2D eigenvalue weighted by molar-refractivity contribution is 5.88. The maximum absolute atomic E-state index is 13.6. The number of carbonyl (C=O) groups excluding carboxylic acids is 2. The van der Waals surface area contributed by atoms with Crippen LogP contribution in [0.3, 0.4) is 0 Å². The van der Waals surface area contributed by atoms with Crippen LogP contribution < -0.4 is 0 Å². The van der Waals surface area contributed by atoms with Crippen molar-refractivity contribution in [3.63, 3.8) is 0 Å². The van der Waals surface area contributed by atoms with Crippen molar-refractivity contribution in [2.45, 2.75) is 107 Å². The molecule has 0 N–H and O–H groups in total. The summed E-state index contributed by atoms with van der Waals surface area (Å²) in [6.45, 7) is 17.3. The molecular formula is C24H46O4. The van der Waals surface area contributed by atoms with Gasteiger partial charge in [-0.25, -0.2) is 0 Å². The molecule has 0 aromatic rings. The zero-order valence-electron chi connectivity index (χ0n) is 19.9. The summed E-state index contributed by atoms with van der Waals surface area (Å²) in [5.74, 6) is 0.135. The van der Waals surface area contributed by atoms with Crippen LogP contribution in [0, 0.1) is 22.7 Å². The molecule has 166 valence electrons. The average molecular weight is 399 g/mol. The largest absolute Gasteiger partial charge is 0.465 e. The van der Waals surface area contributed by atoms with Crippen molar-refractivity contribution in [3.8, 4) is 0 Å². The first-order valence-electron chi connectivity index (χ1n) is 11.5. The van der Waals surface area contributed by atoms with Gasteiger partial charge >= 0.3 is 11.9 Å². The fourth-order valence-corrected chi connectivity index (χ4v) is 4.47. The molecule has 28 heavy (non-hydrogen) atoms. The van der Waals surface area contributed by atoms with E-state index in [1.807, 2.05) is 27.7 Å². The third kappa shape index (κ3) is 6.77. The number of carbonyl (C=O) groups is 2. The molecule has 0 aliphatic rings. The van der Waals surface area contributed by atoms with Gasteiger partial charge in [-0.15, -0.1) is 0 Å². The van der Waals surface area contributed by atoms with Crippen molar-refractivity contribution >= 4 is 11.9 Å². The first-order valence-corrected chi connectivity index (χ1v) is 11.5. The standard InChI is InChI=1S/C24H46O4/c1-9-13-23(14-10-2,21(25)27-17-19(5)6)24(15-11-3,16-12-4)22(26)28-18-20(7)8/h19-20H,9-18H2,1-8H3. The molecule has 0 aromatic heterocycles. The van der Waals surface area contributed by atoms with Gasteiger partial charge in [0.2, 0.25) is 0 Å². The van der Waals surface area contributed by atoms with Gasteiger partial charge in [-0.2, -0.15) is 0 Å². The van der Waals surface area contributed by atoms with Crippen LogP contribution in [0.2, 0.25) is 0 Å². The van der Waals surface area contributed by atoms with E-state index in [-0.39, 0.29) is 23.8 Å². The number of hydrogen-bond donors (Lipinski definition) is 0. The van der Waals surface area contributed by atoms with E-state index in [0.717, 1.165) is 25.7 Å². The first kappa shape index (κ1) is 26.9. The van der Waals surface area contributed by atoms with Gasteiger partial charge < -0.3 is 9.47 Å². The normalized spacial score (nSPS) is 12.5. The van der Waals surface area contributed by atoms with Crippen LogP contribution >= 0.6 is 0 Å². The fourth-order valence-electron chi connectivity index (χ4n) is 4.47. The van der Waals surface area contributed by atoms with E-state index in [4.69, 9.17) is 9.47 Å². The lowest BCUT2D eigenvalue weighted by atomic mass is 9.55. The van der Waals surface area contributed by atoms with E-state index in [2.05, 4.69) is 27.7 Å². The minimum absolute atomic E-state index is 0.201. The van der Waals surface area contributed by atoms with Crippen LogP contribution in [0.25, 0.3) is 0 Å². The number of esters is 2. The van der Waals surface area contributed by atoms with Crippen molar-refractivity contribution in [1.29, 1.82) is 0 Å². The Morgan fingerprint density at radius 1 is 0.607 bits per heavy atom. The van der Waals surface area contributed by atoms with Gasteiger partial charge in [0.1, 0.15) is 0 Å². The van der Waals surface area contributed by atoms with E-state index in [9.17, 15) is 9.59 Å². The Morgan fingerprint density at radius 2 is 0.857 bits per heavy atom. The molecule has 0 amide bonds. The van der Waals surface area contributed by atoms with E-state index in [1.54, 1.807) is 0 Å². The Bertz CT molecular complexity index is 400. The third-order valence-corrected chi connectivity index (χ3v) is 5.50. The van der Waals surface area contributed by atoms with Crippen molar-refractivity contribution < 1.29 is 19.1 Å². The van der Waals surface area contributed by atoms with E-state index >= 15 is 0 Å². The number of rotatable bonds is 15. The van der Waals surface area contributed by atoms with Gasteiger partial charge in [0.25, 0.3) is 0 Å². The molecule has 0 fully saturated rings. The lowest BCUT2D eigenvalue weighted by molar-refractivity contribution is -0.187. The molecule has 0 saturated heterocycles. The molecule has 0 heterocycles. The predicted octanol–water partition coefficient (Wildman–Crippen LogP) is 6.56. The summed E-state index contributed by atoms with van der Waals surface area (Å²) in [5, 5.41) is 0. The average Bonchev–Trinajstić information content (AvgIpc) is 2.63. The molecule has 0 aliphatic heterocycles. The Balaban J connectivity index is 6.37. The molecule has 0 saturated carbocycles.